The maximum Gasteiger partial charge on any atom is 0.805 e. The van der Waals surface area contributed by atoms with Gasteiger partial charge in [-0.1, -0.05) is 109 Å². The van der Waals surface area contributed by atoms with E-state index in [2.05, 4.69) is 0 Å². The highest BCUT2D eigenvalue weighted by molar-refractivity contribution is 7.34. The number of amides is 2. The molecule has 4 N–H and O–H groups in total. The summed E-state index contributed by atoms with van der Waals surface area (Å²) in [4.78, 5) is 30.7. The number of aliphatic hydroxyl groups is 2. The Balaban J connectivity index is 0.810. The summed E-state index contributed by atoms with van der Waals surface area (Å²) < 4.78 is 52.0. The molecule has 0 spiro atoms. The van der Waals surface area contributed by atoms with Crippen LogP contribution in [-0.4, -0.2) is 32.2 Å². The number of hydrogen-bond acceptors (Lipinski definition) is 9. The van der Waals surface area contributed by atoms with Crippen molar-refractivity contribution >= 4 is 31.4 Å². The van der Waals surface area contributed by atoms with E-state index in [1.54, 1.807) is 70.5 Å². The molecule has 6 atom stereocenters. The molecule has 0 bridgehead atoms. The van der Waals surface area contributed by atoms with E-state index in [9.17, 15) is 43.4 Å². The second-order valence-corrected chi connectivity index (χ2v) is 19.3. The molecule has 2 aliphatic heterocycles. The smallest absolute Gasteiger partial charge is 0.508 e. The van der Waals surface area contributed by atoms with Gasteiger partial charge in [-0.05, 0) is 144 Å². The number of para-hydroxylation sites is 2. The van der Waals surface area contributed by atoms with Gasteiger partial charge in [-0.25, -0.2) is 17.8 Å². The number of nitrogens with zero attached hydrogens (tertiary/aromatic N) is 2. The number of phenols is 2. The molecule has 2 heterocycles. The molecular formula is C60H50F2N2O9P+. The van der Waals surface area contributed by atoms with Gasteiger partial charge in [-0.15, -0.1) is 0 Å². The molecule has 0 aromatic heterocycles. The Morgan fingerprint density at radius 3 is 1.23 bits per heavy atom. The van der Waals surface area contributed by atoms with Crippen LogP contribution in [0.2, 0.25) is 0 Å². The molecule has 14 heteroatoms. The minimum atomic E-state index is -2.74. The predicted molar refractivity (Wildman–Crippen MR) is 277 cm³/mol. The summed E-state index contributed by atoms with van der Waals surface area (Å²) in [7, 11) is -2.74. The van der Waals surface area contributed by atoms with Crippen LogP contribution in [-0.2, 0) is 14.2 Å². The third-order valence-electron chi connectivity index (χ3n) is 13.9. The zero-order valence-electron chi connectivity index (χ0n) is 39.7. The molecule has 2 saturated heterocycles. The Labute approximate surface area is 427 Å². The molecule has 6 unspecified atom stereocenters. The number of carbonyl (C=O) groups is 2. The average molecular weight is 1010 g/mol. The fourth-order valence-corrected chi connectivity index (χ4v) is 10.7. The minimum absolute atomic E-state index is 0.0409. The summed E-state index contributed by atoms with van der Waals surface area (Å²) in [5, 5.41) is 44.9. The van der Waals surface area contributed by atoms with E-state index in [4.69, 9.17) is 9.05 Å². The lowest BCUT2D eigenvalue weighted by atomic mass is 9.77. The van der Waals surface area contributed by atoms with Gasteiger partial charge >= 0.3 is 8.25 Å². The lowest BCUT2D eigenvalue weighted by Crippen LogP contribution is -2.55. The number of carbonyl (C=O) groups excluding carboxylic acids is 2. The van der Waals surface area contributed by atoms with Gasteiger partial charge in [-0.2, -0.15) is 0 Å². The average Bonchev–Trinajstić information content (AvgIpc) is 3.41. The molecule has 0 saturated carbocycles. The van der Waals surface area contributed by atoms with Crippen molar-refractivity contribution in [2.75, 3.05) is 9.80 Å². The first-order chi connectivity index (χ1) is 35.9. The molecule has 0 aliphatic carbocycles. The van der Waals surface area contributed by atoms with Crippen molar-refractivity contribution < 1.29 is 52.4 Å². The highest BCUT2D eigenvalue weighted by Gasteiger charge is 2.50. The fourth-order valence-electron chi connectivity index (χ4n) is 10.1. The van der Waals surface area contributed by atoms with E-state index < -0.39 is 56.0 Å². The third kappa shape index (κ3) is 10.4. The van der Waals surface area contributed by atoms with Gasteiger partial charge in [-0.3, -0.25) is 9.59 Å². The fraction of sp³-hybridized carbons (Fsp3) is 0.167. The van der Waals surface area contributed by atoms with Crippen molar-refractivity contribution in [3.8, 4) is 45.3 Å². The summed E-state index contributed by atoms with van der Waals surface area (Å²) in [6, 6.07) is 52.6. The van der Waals surface area contributed by atoms with Crippen LogP contribution >= 0.6 is 8.25 Å². The van der Waals surface area contributed by atoms with Gasteiger partial charge in [0.1, 0.15) is 23.1 Å². The van der Waals surface area contributed by atoms with E-state index >= 15 is 0 Å². The maximum atomic E-state index is 13.7. The standard InChI is InChI=1S/C60H49F2N2O9P/c61-43-23-17-37(18-24-43)53(65)31-29-51-57(63(59(51)69)45-11-3-1-4-12-45)49-27-21-41(35-55(49)67)39-9-7-15-47(33-39)72-74(71)73-48-16-8-10-40(34-48)42-22-28-50(56(68)36-42)58-52(60(70)64(58)46-13-5-2-6-14-46)30-32-54(66)38-19-25-44(62)26-20-38/h1-28,33-36,51-54,57-58,65-66H,29-32H2,(H-,67,68)/p+1. The van der Waals surface area contributed by atoms with Crippen LogP contribution in [0, 0.1) is 23.5 Å². The van der Waals surface area contributed by atoms with Crippen LogP contribution in [0.3, 0.4) is 0 Å². The summed E-state index contributed by atoms with van der Waals surface area (Å²) >= 11 is 0. The van der Waals surface area contributed by atoms with Gasteiger partial charge in [0.25, 0.3) is 0 Å². The Morgan fingerprint density at radius 1 is 0.473 bits per heavy atom. The first-order valence-electron chi connectivity index (χ1n) is 24.2. The molecule has 11 nitrogen and oxygen atoms in total. The number of halogens is 2. The van der Waals surface area contributed by atoms with Crippen LogP contribution in [0.4, 0.5) is 20.2 Å². The van der Waals surface area contributed by atoms with Crippen LogP contribution in [0.1, 0.15) is 72.2 Å². The number of β-lactam (4-membered cyclic amide) rings is 2. The van der Waals surface area contributed by atoms with Gasteiger partial charge in [0.05, 0.1) is 36.1 Å². The summed E-state index contributed by atoms with van der Waals surface area (Å²) in [5.74, 6) is -1.77. The Kier molecular flexibility index (Phi) is 14.3. The molecule has 74 heavy (non-hydrogen) atoms. The molecule has 8 aromatic rings. The second kappa shape index (κ2) is 21.5. The van der Waals surface area contributed by atoms with Crippen LogP contribution < -0.4 is 18.8 Å². The quantitative estimate of drug-likeness (QED) is 0.0485. The lowest BCUT2D eigenvalue weighted by molar-refractivity contribution is -0.131. The van der Waals surface area contributed by atoms with Crippen molar-refractivity contribution in [2.24, 2.45) is 11.8 Å². The monoisotopic (exact) mass is 1010 g/mol. The van der Waals surface area contributed by atoms with E-state index in [-0.39, 0.29) is 47.7 Å². The van der Waals surface area contributed by atoms with E-state index in [1.807, 2.05) is 84.9 Å². The third-order valence-corrected chi connectivity index (χ3v) is 14.6. The van der Waals surface area contributed by atoms with E-state index in [0.717, 1.165) is 0 Å². The van der Waals surface area contributed by atoms with Crippen molar-refractivity contribution in [1.29, 1.82) is 0 Å². The van der Waals surface area contributed by atoms with Crippen LogP contribution in [0.25, 0.3) is 22.3 Å². The van der Waals surface area contributed by atoms with Crippen molar-refractivity contribution in [3.63, 3.8) is 0 Å². The first kappa shape index (κ1) is 49.4. The molecule has 10 rings (SSSR count). The lowest BCUT2D eigenvalue weighted by Gasteiger charge is -2.48. The molecule has 2 amide bonds. The largest absolute Gasteiger partial charge is 0.805 e. The van der Waals surface area contributed by atoms with Crippen molar-refractivity contribution in [3.05, 3.63) is 228 Å². The van der Waals surface area contributed by atoms with Gasteiger partial charge < -0.3 is 30.2 Å². The topological polar surface area (TPSA) is 157 Å². The zero-order valence-corrected chi connectivity index (χ0v) is 40.6. The van der Waals surface area contributed by atoms with Crippen molar-refractivity contribution in [1.82, 2.24) is 0 Å². The van der Waals surface area contributed by atoms with E-state index in [1.165, 1.54) is 48.5 Å². The normalized spacial score (nSPS) is 18.2. The number of rotatable bonds is 18. The first-order valence-corrected chi connectivity index (χ1v) is 25.3. The molecule has 2 aliphatic rings. The molecular weight excluding hydrogens is 962 g/mol. The van der Waals surface area contributed by atoms with Crippen LogP contribution in [0.5, 0.6) is 23.0 Å². The molecule has 372 valence electrons. The summed E-state index contributed by atoms with van der Waals surface area (Å²) in [6.45, 7) is 0. The summed E-state index contributed by atoms with van der Waals surface area (Å²) in [6.07, 6.45) is -0.663. The maximum absolute atomic E-state index is 13.7. The van der Waals surface area contributed by atoms with E-state index in [0.29, 0.717) is 68.7 Å². The van der Waals surface area contributed by atoms with Gasteiger partial charge in [0.15, 0.2) is 11.5 Å². The number of aromatic hydroxyl groups is 2. The molecule has 2 fully saturated rings. The number of benzene rings is 8. The highest BCUT2D eigenvalue weighted by Crippen LogP contribution is 2.51. The Bertz CT molecular complexity index is 3110. The second-order valence-electron chi connectivity index (χ2n) is 18.5. The zero-order chi connectivity index (χ0) is 51.5. The predicted octanol–water partition coefficient (Wildman–Crippen LogP) is 13.3. The van der Waals surface area contributed by atoms with Gasteiger partial charge in [0, 0.05) is 27.1 Å². The number of anilines is 2. The van der Waals surface area contributed by atoms with Crippen LogP contribution in [0.15, 0.2) is 194 Å². The molecule has 8 aromatic carbocycles. The van der Waals surface area contributed by atoms with Gasteiger partial charge in [0.2, 0.25) is 11.8 Å². The number of aliphatic hydroxyl groups excluding tert-OH is 2. The summed E-state index contributed by atoms with van der Waals surface area (Å²) in [5.41, 5.74) is 6.05. The number of phenolic OH excluding ortho intramolecular Hbond substituents is 2. The number of hydrogen-bond donors (Lipinski definition) is 4. The SMILES string of the molecule is O=C1C(CCC(O)c2ccc(F)cc2)C(c2ccc(-c3cccc(O[P+](=O)Oc4cccc(-c5ccc(C6C(CCC(O)c7ccc(F)cc7)C(=O)N6c6ccccc6)c(O)c5)c4)c3)cc2O)N1c1ccccc1. The molecule has 0 radical (unpaired) electrons. The minimum Gasteiger partial charge on any atom is -0.508 e. The highest BCUT2D eigenvalue weighted by atomic mass is 31.1. The Morgan fingerprint density at radius 2 is 0.851 bits per heavy atom. The Hall–Kier alpha value is -8.22. The van der Waals surface area contributed by atoms with Crippen molar-refractivity contribution in [2.45, 2.75) is 50.0 Å².